The van der Waals surface area contributed by atoms with Gasteiger partial charge in [0.2, 0.25) is 0 Å². The van der Waals surface area contributed by atoms with Gasteiger partial charge < -0.3 is 20.2 Å². The molecule has 4 heteroatoms. The molecule has 33 heavy (non-hydrogen) atoms. The maximum atomic E-state index is 10.9. The lowest BCUT2D eigenvalue weighted by molar-refractivity contribution is 0.128. The topological polar surface area (TPSA) is 72.0 Å². The molecule has 166 valence electrons. The maximum absolute atomic E-state index is 10.9. The second kappa shape index (κ2) is 9.49. The van der Waals surface area contributed by atoms with Crippen molar-refractivity contribution in [3.8, 4) is 0 Å². The first-order chi connectivity index (χ1) is 16.2. The summed E-state index contributed by atoms with van der Waals surface area (Å²) in [4.78, 5) is 6.94. The van der Waals surface area contributed by atoms with Gasteiger partial charge in [-0.05, 0) is 41.8 Å². The van der Waals surface area contributed by atoms with Crippen LogP contribution in [0.15, 0.2) is 109 Å². The molecule has 0 saturated carbocycles. The zero-order chi connectivity index (χ0) is 22.6. The lowest BCUT2D eigenvalue weighted by atomic mass is 9.93. The third-order valence-electron chi connectivity index (χ3n) is 6.37. The summed E-state index contributed by atoms with van der Waals surface area (Å²) in [5.74, 6) is -0.0135. The van der Waals surface area contributed by atoms with Crippen LogP contribution in [0.1, 0.15) is 58.4 Å². The molecular formula is C29H28N2O2. The number of aromatic nitrogens is 2. The highest BCUT2D eigenvalue weighted by Gasteiger charge is 2.25. The van der Waals surface area contributed by atoms with E-state index in [0.29, 0.717) is 0 Å². The number of rotatable bonds is 7. The van der Waals surface area contributed by atoms with Crippen molar-refractivity contribution < 1.29 is 10.2 Å². The maximum Gasteiger partial charge on any atom is 0.119 e. The lowest BCUT2D eigenvalue weighted by Gasteiger charge is -2.20. The molecule has 4 nitrogen and oxygen atoms in total. The Morgan fingerprint density at radius 2 is 1.21 bits per heavy atom. The third kappa shape index (κ3) is 4.49. The molecule has 1 aliphatic carbocycles. The van der Waals surface area contributed by atoms with Crippen molar-refractivity contribution in [2.75, 3.05) is 0 Å². The number of benzene rings is 2. The van der Waals surface area contributed by atoms with E-state index in [1.165, 1.54) is 0 Å². The normalized spacial score (nSPS) is 18.2. The fourth-order valence-corrected chi connectivity index (χ4v) is 4.58. The molecule has 4 unspecified atom stereocenters. The predicted molar refractivity (Wildman–Crippen MR) is 131 cm³/mol. The van der Waals surface area contributed by atoms with Crippen LogP contribution in [0.4, 0.5) is 0 Å². The van der Waals surface area contributed by atoms with Gasteiger partial charge in [-0.2, -0.15) is 0 Å². The van der Waals surface area contributed by atoms with Crippen LogP contribution in [0.25, 0.3) is 0 Å². The predicted octanol–water partition coefficient (Wildman–Crippen LogP) is 5.77. The fraction of sp³-hybridized carbons (Fsp3) is 0.172. The second-order valence-corrected chi connectivity index (χ2v) is 8.55. The summed E-state index contributed by atoms with van der Waals surface area (Å²) >= 11 is 0. The Kier molecular flexibility index (Phi) is 6.11. The van der Waals surface area contributed by atoms with Crippen LogP contribution in [-0.4, -0.2) is 20.2 Å². The summed E-state index contributed by atoms with van der Waals surface area (Å²) in [5, 5.41) is 21.8. The molecule has 4 aromatic rings. The number of nitrogens with one attached hydrogen (secondary N) is 2. The van der Waals surface area contributed by atoms with Crippen LogP contribution in [0.2, 0.25) is 0 Å². The molecule has 0 spiro atoms. The van der Waals surface area contributed by atoms with Gasteiger partial charge in [0, 0.05) is 28.7 Å². The van der Waals surface area contributed by atoms with E-state index in [1.54, 1.807) is 0 Å². The summed E-state index contributed by atoms with van der Waals surface area (Å²) in [6.45, 7) is 0. The van der Waals surface area contributed by atoms with Crippen molar-refractivity contribution in [3.05, 3.63) is 143 Å². The van der Waals surface area contributed by atoms with Gasteiger partial charge in [-0.1, -0.05) is 85.0 Å². The smallest absolute Gasteiger partial charge is 0.119 e. The number of aliphatic hydroxyl groups excluding tert-OH is 2. The zero-order valence-corrected chi connectivity index (χ0v) is 18.3. The summed E-state index contributed by atoms with van der Waals surface area (Å²) in [6, 6.07) is 27.9. The number of hydrogen-bond donors (Lipinski definition) is 4. The molecule has 1 aliphatic rings. The van der Waals surface area contributed by atoms with E-state index in [4.69, 9.17) is 0 Å². The minimum Gasteiger partial charge on any atom is -0.386 e. The van der Waals surface area contributed by atoms with Gasteiger partial charge in [0.25, 0.3) is 0 Å². The summed E-state index contributed by atoms with van der Waals surface area (Å²) in [5.41, 5.74) is 5.52. The number of aromatic amines is 2. The fourth-order valence-electron chi connectivity index (χ4n) is 4.58. The van der Waals surface area contributed by atoms with E-state index in [2.05, 4.69) is 34.3 Å². The van der Waals surface area contributed by atoms with Crippen molar-refractivity contribution in [1.29, 1.82) is 0 Å². The van der Waals surface area contributed by atoms with E-state index >= 15 is 0 Å². The summed E-state index contributed by atoms with van der Waals surface area (Å²) in [6.07, 6.45) is 7.67. The van der Waals surface area contributed by atoms with Gasteiger partial charge in [0.1, 0.15) is 12.2 Å². The Hall–Kier alpha value is -3.60. The van der Waals surface area contributed by atoms with Gasteiger partial charge >= 0.3 is 0 Å². The zero-order valence-electron chi connectivity index (χ0n) is 18.3. The Morgan fingerprint density at radius 1 is 0.636 bits per heavy atom. The van der Waals surface area contributed by atoms with Crippen LogP contribution in [0.3, 0.4) is 0 Å². The molecular weight excluding hydrogens is 408 g/mol. The van der Waals surface area contributed by atoms with Crippen molar-refractivity contribution in [2.24, 2.45) is 5.92 Å². The van der Waals surface area contributed by atoms with Crippen molar-refractivity contribution >= 4 is 0 Å². The van der Waals surface area contributed by atoms with Gasteiger partial charge in [0.05, 0.1) is 5.92 Å². The Labute approximate surface area is 194 Å². The Morgan fingerprint density at radius 3 is 1.85 bits per heavy atom. The lowest BCUT2D eigenvalue weighted by Crippen LogP contribution is -2.12. The standard InChI is InChI=1S/C29H28N2O2/c32-28(21-12-6-2-7-13-21)25-18-16-23(30-25)27(20-10-4-1-5-11-20)24-17-19-26(31-24)29(33)22-14-8-3-9-15-22/h1-14,16-19,22,27-33H,15H2. The van der Waals surface area contributed by atoms with E-state index < -0.39 is 12.2 Å². The minimum atomic E-state index is -0.719. The average Bonchev–Trinajstić information content (AvgIpc) is 3.56. The number of H-pyrrole nitrogens is 2. The molecule has 0 aliphatic heterocycles. The SMILES string of the molecule is OC(c1ccccc1)c1ccc(C(c2ccccc2)c2ccc(C(O)C3C=CC=CC3)[nH]2)[nH]1. The molecule has 2 aromatic carbocycles. The van der Waals surface area contributed by atoms with Crippen LogP contribution < -0.4 is 0 Å². The Balaban J connectivity index is 1.47. The molecule has 0 saturated heterocycles. The van der Waals surface area contributed by atoms with E-state index in [1.807, 2.05) is 84.9 Å². The van der Waals surface area contributed by atoms with Gasteiger partial charge in [0.15, 0.2) is 0 Å². The quantitative estimate of drug-likeness (QED) is 0.297. The summed E-state index contributed by atoms with van der Waals surface area (Å²) < 4.78 is 0. The highest BCUT2D eigenvalue weighted by molar-refractivity contribution is 5.41. The first kappa shape index (κ1) is 21.3. The third-order valence-corrected chi connectivity index (χ3v) is 6.37. The van der Waals surface area contributed by atoms with Gasteiger partial charge in [-0.3, -0.25) is 0 Å². The van der Waals surface area contributed by atoms with Gasteiger partial charge in [-0.25, -0.2) is 0 Å². The van der Waals surface area contributed by atoms with Crippen molar-refractivity contribution in [3.63, 3.8) is 0 Å². The second-order valence-electron chi connectivity index (χ2n) is 8.55. The highest BCUT2D eigenvalue weighted by Crippen LogP contribution is 2.35. The molecule has 0 fully saturated rings. The van der Waals surface area contributed by atoms with Crippen LogP contribution in [0.5, 0.6) is 0 Å². The number of allylic oxidation sites excluding steroid dienone is 3. The van der Waals surface area contributed by atoms with Crippen molar-refractivity contribution in [1.82, 2.24) is 9.97 Å². The molecule has 0 radical (unpaired) electrons. The number of hydrogen-bond acceptors (Lipinski definition) is 2. The highest BCUT2D eigenvalue weighted by atomic mass is 16.3. The Bertz CT molecular complexity index is 1240. The average molecular weight is 437 g/mol. The van der Waals surface area contributed by atoms with Crippen LogP contribution >= 0.6 is 0 Å². The molecule has 4 atom stereocenters. The molecule has 2 heterocycles. The molecule has 0 amide bonds. The van der Waals surface area contributed by atoms with Crippen LogP contribution in [0, 0.1) is 5.92 Å². The van der Waals surface area contributed by atoms with E-state index in [-0.39, 0.29) is 11.8 Å². The molecule has 0 bridgehead atoms. The molecule has 4 N–H and O–H groups in total. The van der Waals surface area contributed by atoms with E-state index in [9.17, 15) is 10.2 Å². The monoisotopic (exact) mass is 436 g/mol. The first-order valence-electron chi connectivity index (χ1n) is 11.4. The largest absolute Gasteiger partial charge is 0.386 e. The molecule has 2 aromatic heterocycles. The minimum absolute atomic E-state index is 0.0646. The van der Waals surface area contributed by atoms with E-state index in [0.717, 1.165) is 40.3 Å². The molecule has 5 rings (SSSR count). The summed E-state index contributed by atoms with van der Waals surface area (Å²) in [7, 11) is 0. The number of aliphatic hydroxyl groups is 2. The van der Waals surface area contributed by atoms with Crippen LogP contribution in [-0.2, 0) is 0 Å². The van der Waals surface area contributed by atoms with Gasteiger partial charge in [-0.15, -0.1) is 0 Å². The first-order valence-corrected chi connectivity index (χ1v) is 11.4. The van der Waals surface area contributed by atoms with Crippen molar-refractivity contribution in [2.45, 2.75) is 24.5 Å².